The summed E-state index contributed by atoms with van der Waals surface area (Å²) in [5, 5.41) is 3.23. The molecule has 0 aliphatic carbocycles. The number of nitrogens with zero attached hydrogens (tertiary/aromatic N) is 1. The van der Waals surface area contributed by atoms with E-state index < -0.39 is 18.0 Å². The standard InChI is InChI=1S/C20H18F3N3O2/c1-26(11-12-28-19(27)24-14-7-3-2-4-8-14)17-13-18(20(21,22)23)25-16-10-6-5-9-15(16)17/h2-10,13H,11-12H2,1H3,(H,24,27)/p+1. The molecule has 1 heterocycles. The Balaban J connectivity index is 1.69. The van der Waals surface area contributed by atoms with Crippen LogP contribution in [0.4, 0.5) is 29.3 Å². The lowest BCUT2D eigenvalue weighted by Gasteiger charge is -2.20. The zero-order valence-electron chi connectivity index (χ0n) is 15.1. The third-order valence-corrected chi connectivity index (χ3v) is 4.15. The lowest BCUT2D eigenvalue weighted by atomic mass is 10.1. The monoisotopic (exact) mass is 390 g/mol. The number of ether oxygens (including phenoxy) is 1. The van der Waals surface area contributed by atoms with E-state index >= 15 is 0 Å². The van der Waals surface area contributed by atoms with Crippen molar-refractivity contribution in [1.82, 2.24) is 0 Å². The van der Waals surface area contributed by atoms with Crippen LogP contribution in [0.2, 0.25) is 0 Å². The molecule has 0 radical (unpaired) electrons. The highest BCUT2D eigenvalue weighted by molar-refractivity contribution is 5.89. The number of carbonyl (C=O) groups excluding carboxylic acids is 1. The largest absolute Gasteiger partial charge is 0.477 e. The number of amides is 1. The number of H-pyrrole nitrogens is 1. The number of alkyl halides is 3. The first-order valence-electron chi connectivity index (χ1n) is 8.57. The summed E-state index contributed by atoms with van der Waals surface area (Å²) in [5.41, 5.74) is 0.534. The molecule has 3 rings (SSSR count). The predicted octanol–water partition coefficient (Wildman–Crippen LogP) is 4.36. The van der Waals surface area contributed by atoms with Gasteiger partial charge in [0.2, 0.25) is 5.52 Å². The van der Waals surface area contributed by atoms with Gasteiger partial charge in [-0.2, -0.15) is 13.2 Å². The molecular formula is C20H19F3N3O2+. The fourth-order valence-electron chi connectivity index (χ4n) is 2.75. The summed E-state index contributed by atoms with van der Waals surface area (Å²) in [4.78, 5) is 15.9. The topological polar surface area (TPSA) is 55.7 Å². The number of nitrogens with one attached hydrogen (secondary N) is 2. The molecular weight excluding hydrogens is 371 g/mol. The van der Waals surface area contributed by atoms with E-state index in [4.69, 9.17) is 4.74 Å². The predicted molar refractivity (Wildman–Crippen MR) is 100 cm³/mol. The van der Waals surface area contributed by atoms with Gasteiger partial charge in [0.15, 0.2) is 0 Å². The average molecular weight is 390 g/mol. The van der Waals surface area contributed by atoms with E-state index in [2.05, 4.69) is 10.3 Å². The van der Waals surface area contributed by atoms with Crippen LogP contribution in [-0.4, -0.2) is 26.3 Å². The normalized spacial score (nSPS) is 11.3. The number of rotatable bonds is 5. The van der Waals surface area contributed by atoms with Crippen LogP contribution in [0.25, 0.3) is 10.9 Å². The van der Waals surface area contributed by atoms with Crippen LogP contribution >= 0.6 is 0 Å². The summed E-state index contributed by atoms with van der Waals surface area (Å²) in [6.45, 7) is 0.247. The van der Waals surface area contributed by atoms with Gasteiger partial charge in [-0.3, -0.25) is 5.32 Å². The minimum absolute atomic E-state index is 0.0173. The van der Waals surface area contributed by atoms with Crippen molar-refractivity contribution in [2.75, 3.05) is 30.4 Å². The van der Waals surface area contributed by atoms with Crippen LogP contribution in [0.1, 0.15) is 5.69 Å². The molecule has 2 aromatic carbocycles. The molecule has 2 N–H and O–H groups in total. The quantitative estimate of drug-likeness (QED) is 0.704. The Morgan fingerprint density at radius 2 is 1.79 bits per heavy atom. The number of halogens is 3. The maximum Gasteiger partial charge on any atom is 0.477 e. The Morgan fingerprint density at radius 1 is 1.11 bits per heavy atom. The van der Waals surface area contributed by atoms with Crippen molar-refractivity contribution in [3.05, 3.63) is 66.4 Å². The van der Waals surface area contributed by atoms with E-state index in [9.17, 15) is 18.0 Å². The van der Waals surface area contributed by atoms with E-state index in [0.29, 0.717) is 22.3 Å². The zero-order valence-corrected chi connectivity index (χ0v) is 15.1. The summed E-state index contributed by atoms with van der Waals surface area (Å²) < 4.78 is 44.7. The Hall–Kier alpha value is -3.29. The van der Waals surface area contributed by atoms with E-state index in [1.54, 1.807) is 60.5 Å². The fraction of sp³-hybridized carbons (Fsp3) is 0.200. The van der Waals surface area contributed by atoms with Gasteiger partial charge in [-0.1, -0.05) is 30.3 Å². The van der Waals surface area contributed by atoms with Crippen molar-refractivity contribution in [3.63, 3.8) is 0 Å². The maximum atomic E-state index is 13.2. The van der Waals surface area contributed by atoms with E-state index in [1.807, 2.05) is 6.07 Å². The SMILES string of the molecule is CN(CCOC(=O)Nc1ccccc1)c1cc(C(F)(F)F)[nH+]c2ccccc12. The first-order chi connectivity index (χ1) is 13.3. The second-order valence-corrected chi connectivity index (χ2v) is 6.16. The first kappa shape index (κ1) is 19.5. The minimum atomic E-state index is -4.49. The van der Waals surface area contributed by atoms with Gasteiger partial charge in [0.25, 0.3) is 5.69 Å². The van der Waals surface area contributed by atoms with Gasteiger partial charge in [-0.15, -0.1) is 0 Å². The summed E-state index contributed by atoms with van der Waals surface area (Å²) in [7, 11) is 1.65. The van der Waals surface area contributed by atoms with Crippen molar-refractivity contribution in [1.29, 1.82) is 0 Å². The van der Waals surface area contributed by atoms with Crippen LogP contribution in [0, 0.1) is 0 Å². The number of para-hydroxylation sites is 2. The lowest BCUT2D eigenvalue weighted by Crippen LogP contribution is -2.28. The van der Waals surface area contributed by atoms with E-state index in [-0.39, 0.29) is 13.2 Å². The maximum absolute atomic E-state index is 13.2. The fourth-order valence-corrected chi connectivity index (χ4v) is 2.75. The molecule has 5 nitrogen and oxygen atoms in total. The number of benzene rings is 2. The molecule has 8 heteroatoms. The highest BCUT2D eigenvalue weighted by Gasteiger charge is 2.39. The highest BCUT2D eigenvalue weighted by atomic mass is 19.4. The van der Waals surface area contributed by atoms with E-state index in [0.717, 1.165) is 6.07 Å². The highest BCUT2D eigenvalue weighted by Crippen LogP contribution is 2.31. The molecule has 0 saturated heterocycles. The van der Waals surface area contributed by atoms with Gasteiger partial charge in [0.05, 0.1) is 17.6 Å². The van der Waals surface area contributed by atoms with Gasteiger partial charge in [-0.25, -0.2) is 9.78 Å². The molecule has 0 aliphatic heterocycles. The number of pyridine rings is 1. The van der Waals surface area contributed by atoms with Crippen LogP contribution < -0.4 is 15.2 Å². The van der Waals surface area contributed by atoms with Crippen molar-refractivity contribution in [3.8, 4) is 0 Å². The van der Waals surface area contributed by atoms with Gasteiger partial charge >= 0.3 is 12.3 Å². The molecule has 0 fully saturated rings. The number of aromatic nitrogens is 1. The van der Waals surface area contributed by atoms with Crippen molar-refractivity contribution in [2.24, 2.45) is 0 Å². The molecule has 28 heavy (non-hydrogen) atoms. The smallest absolute Gasteiger partial charge is 0.447 e. The van der Waals surface area contributed by atoms with Crippen LogP contribution in [0.15, 0.2) is 60.7 Å². The molecule has 0 bridgehead atoms. The molecule has 0 atom stereocenters. The average Bonchev–Trinajstić information content (AvgIpc) is 2.67. The minimum Gasteiger partial charge on any atom is -0.447 e. The van der Waals surface area contributed by atoms with Crippen molar-refractivity contribution in [2.45, 2.75) is 6.18 Å². The number of aromatic amines is 1. The molecule has 146 valence electrons. The molecule has 1 amide bonds. The Bertz CT molecular complexity index is 962. The Morgan fingerprint density at radius 3 is 2.50 bits per heavy atom. The summed E-state index contributed by atoms with van der Waals surface area (Å²) in [6.07, 6.45) is -5.12. The molecule has 0 unspecified atom stereocenters. The number of carbonyl (C=O) groups is 1. The molecule has 3 aromatic rings. The first-order valence-corrected chi connectivity index (χ1v) is 8.57. The van der Waals surface area contributed by atoms with E-state index in [1.165, 1.54) is 0 Å². The number of fused-ring (bicyclic) bond motifs is 1. The third kappa shape index (κ3) is 4.70. The van der Waals surface area contributed by atoms with Crippen molar-refractivity contribution < 1.29 is 27.7 Å². The van der Waals surface area contributed by atoms with Gasteiger partial charge < -0.3 is 9.64 Å². The summed E-state index contributed by atoms with van der Waals surface area (Å²) in [5.74, 6) is 0. The summed E-state index contributed by atoms with van der Waals surface area (Å²) >= 11 is 0. The number of likely N-dealkylation sites (N-methyl/N-ethyl adjacent to an activating group) is 1. The number of anilines is 2. The Labute approximate surface area is 159 Å². The number of hydrogen-bond acceptors (Lipinski definition) is 3. The van der Waals surface area contributed by atoms with Crippen LogP contribution in [0.5, 0.6) is 0 Å². The third-order valence-electron chi connectivity index (χ3n) is 4.15. The molecule has 1 aromatic heterocycles. The summed E-state index contributed by atoms with van der Waals surface area (Å²) in [6, 6.07) is 16.6. The van der Waals surface area contributed by atoms with Crippen LogP contribution in [-0.2, 0) is 10.9 Å². The molecule has 0 saturated carbocycles. The number of hydrogen-bond donors (Lipinski definition) is 1. The van der Waals surface area contributed by atoms with Gasteiger partial charge in [0.1, 0.15) is 6.61 Å². The second kappa shape index (κ2) is 8.16. The van der Waals surface area contributed by atoms with Gasteiger partial charge in [0, 0.05) is 24.9 Å². The Kier molecular flexibility index (Phi) is 5.67. The molecule has 0 spiro atoms. The van der Waals surface area contributed by atoms with Crippen molar-refractivity contribution >= 4 is 28.4 Å². The molecule has 0 aliphatic rings. The van der Waals surface area contributed by atoms with Crippen LogP contribution in [0.3, 0.4) is 0 Å². The zero-order chi connectivity index (χ0) is 20.1. The van der Waals surface area contributed by atoms with Gasteiger partial charge in [-0.05, 0) is 18.2 Å². The lowest BCUT2D eigenvalue weighted by molar-refractivity contribution is -0.398. The second-order valence-electron chi connectivity index (χ2n) is 6.16.